The highest BCUT2D eigenvalue weighted by Crippen LogP contribution is 2.25. The summed E-state index contributed by atoms with van der Waals surface area (Å²) in [5, 5.41) is 9.25. The number of hydrogen-bond acceptors (Lipinski definition) is 4. The fraction of sp³-hybridized carbons (Fsp3) is 0.375. The first-order chi connectivity index (χ1) is 10.2. The Morgan fingerprint density at radius 3 is 2.86 bits per heavy atom. The van der Waals surface area contributed by atoms with Crippen molar-refractivity contribution in [2.24, 2.45) is 0 Å². The zero-order chi connectivity index (χ0) is 14.7. The number of amides is 1. The average molecular weight is 338 g/mol. The highest BCUT2D eigenvalue weighted by Gasteiger charge is 2.24. The zero-order valence-corrected chi connectivity index (χ0v) is 14.0. The predicted molar refractivity (Wildman–Crippen MR) is 92.4 cm³/mol. The Morgan fingerprint density at radius 2 is 2.18 bits per heavy atom. The van der Waals surface area contributed by atoms with E-state index in [0.29, 0.717) is 0 Å². The number of halogens is 1. The van der Waals surface area contributed by atoms with Gasteiger partial charge in [0.1, 0.15) is 5.01 Å². The van der Waals surface area contributed by atoms with Gasteiger partial charge in [0.15, 0.2) is 0 Å². The number of benzene rings is 1. The summed E-state index contributed by atoms with van der Waals surface area (Å²) in [6.45, 7) is 2.92. The maximum absolute atomic E-state index is 12.1. The summed E-state index contributed by atoms with van der Waals surface area (Å²) in [5.74, 6) is 0.0801. The highest BCUT2D eigenvalue weighted by atomic mass is 35.5. The maximum Gasteiger partial charge on any atom is 0.237 e. The molecule has 1 amide bonds. The summed E-state index contributed by atoms with van der Waals surface area (Å²) >= 11 is 1.59. The number of nitrogens with zero attached hydrogens (tertiary/aromatic N) is 1. The van der Waals surface area contributed by atoms with Crippen molar-refractivity contribution < 1.29 is 4.79 Å². The molecular formula is C16H20ClN3OS. The second-order valence-electron chi connectivity index (χ2n) is 5.32. The normalized spacial score (nSPS) is 18.5. The van der Waals surface area contributed by atoms with E-state index in [4.69, 9.17) is 0 Å². The van der Waals surface area contributed by atoms with Crippen molar-refractivity contribution in [3.05, 3.63) is 40.7 Å². The lowest BCUT2D eigenvalue weighted by Crippen LogP contribution is -2.41. The third-order valence-corrected chi connectivity index (χ3v) is 4.72. The molecule has 1 aliphatic heterocycles. The van der Waals surface area contributed by atoms with Gasteiger partial charge in [-0.3, -0.25) is 4.79 Å². The van der Waals surface area contributed by atoms with Crippen molar-refractivity contribution in [2.45, 2.75) is 31.8 Å². The molecule has 118 valence electrons. The molecule has 1 saturated heterocycles. The molecule has 2 atom stereocenters. The van der Waals surface area contributed by atoms with Crippen LogP contribution in [0.4, 0.5) is 0 Å². The fourth-order valence-electron chi connectivity index (χ4n) is 2.51. The van der Waals surface area contributed by atoms with Crippen LogP contribution in [0.15, 0.2) is 35.7 Å². The van der Waals surface area contributed by atoms with E-state index in [9.17, 15) is 4.79 Å². The highest BCUT2D eigenvalue weighted by molar-refractivity contribution is 7.10. The maximum atomic E-state index is 12.1. The molecule has 2 unspecified atom stereocenters. The van der Waals surface area contributed by atoms with Crippen LogP contribution in [0.25, 0.3) is 11.3 Å². The Kier molecular flexibility index (Phi) is 5.94. The van der Waals surface area contributed by atoms with Crippen LogP contribution in [0.5, 0.6) is 0 Å². The SMILES string of the molecule is CC(NC(=O)C1CCCN1)c1nc(-c2ccccc2)cs1.Cl. The van der Waals surface area contributed by atoms with Crippen molar-refractivity contribution in [3.63, 3.8) is 0 Å². The van der Waals surface area contributed by atoms with Gasteiger partial charge in [-0.15, -0.1) is 23.7 Å². The van der Waals surface area contributed by atoms with Gasteiger partial charge in [0, 0.05) is 10.9 Å². The van der Waals surface area contributed by atoms with E-state index >= 15 is 0 Å². The van der Waals surface area contributed by atoms with Gasteiger partial charge in [-0.05, 0) is 26.3 Å². The third kappa shape index (κ3) is 3.85. The van der Waals surface area contributed by atoms with Gasteiger partial charge in [-0.25, -0.2) is 4.98 Å². The molecule has 0 radical (unpaired) electrons. The molecule has 22 heavy (non-hydrogen) atoms. The largest absolute Gasteiger partial charge is 0.346 e. The van der Waals surface area contributed by atoms with Gasteiger partial charge in [-0.1, -0.05) is 30.3 Å². The number of thiazole rings is 1. The van der Waals surface area contributed by atoms with Crippen LogP contribution in [0, 0.1) is 0 Å². The topological polar surface area (TPSA) is 54.0 Å². The van der Waals surface area contributed by atoms with Crippen LogP contribution in [0.2, 0.25) is 0 Å². The van der Waals surface area contributed by atoms with E-state index in [1.807, 2.05) is 42.6 Å². The lowest BCUT2D eigenvalue weighted by atomic mass is 10.2. The molecule has 2 heterocycles. The van der Waals surface area contributed by atoms with Gasteiger partial charge in [0.2, 0.25) is 5.91 Å². The standard InChI is InChI=1S/C16H19N3OS.ClH/c1-11(18-15(20)13-8-5-9-17-13)16-19-14(10-21-16)12-6-3-2-4-7-12;/h2-4,6-7,10-11,13,17H,5,8-9H2,1H3,(H,18,20);1H. The van der Waals surface area contributed by atoms with E-state index in [-0.39, 0.29) is 30.4 Å². The summed E-state index contributed by atoms with van der Waals surface area (Å²) in [5.41, 5.74) is 2.08. The van der Waals surface area contributed by atoms with Crippen LogP contribution in [-0.2, 0) is 4.79 Å². The first kappa shape index (κ1) is 16.9. The van der Waals surface area contributed by atoms with Crippen molar-refractivity contribution >= 4 is 29.7 Å². The van der Waals surface area contributed by atoms with E-state index in [2.05, 4.69) is 15.6 Å². The molecule has 2 N–H and O–H groups in total. The van der Waals surface area contributed by atoms with Gasteiger partial charge in [-0.2, -0.15) is 0 Å². The summed E-state index contributed by atoms with van der Waals surface area (Å²) in [6, 6.07) is 10.0. The van der Waals surface area contributed by atoms with Crippen molar-refractivity contribution in [1.29, 1.82) is 0 Å². The van der Waals surface area contributed by atoms with Gasteiger partial charge in [0.25, 0.3) is 0 Å². The first-order valence-corrected chi connectivity index (χ1v) is 8.16. The number of aromatic nitrogens is 1. The van der Waals surface area contributed by atoms with Gasteiger partial charge in [0.05, 0.1) is 17.8 Å². The molecule has 0 saturated carbocycles. The fourth-order valence-corrected chi connectivity index (χ4v) is 3.35. The monoisotopic (exact) mass is 337 g/mol. The van der Waals surface area contributed by atoms with Gasteiger partial charge < -0.3 is 10.6 Å². The zero-order valence-electron chi connectivity index (χ0n) is 12.4. The van der Waals surface area contributed by atoms with Gasteiger partial charge >= 0.3 is 0 Å². The van der Waals surface area contributed by atoms with Crippen LogP contribution >= 0.6 is 23.7 Å². The lowest BCUT2D eigenvalue weighted by Gasteiger charge is -2.15. The Labute approximate surface area is 140 Å². The van der Waals surface area contributed by atoms with E-state index in [0.717, 1.165) is 35.7 Å². The van der Waals surface area contributed by atoms with E-state index < -0.39 is 0 Å². The molecule has 0 aliphatic carbocycles. The summed E-state index contributed by atoms with van der Waals surface area (Å²) < 4.78 is 0. The van der Waals surface area contributed by atoms with Crippen LogP contribution < -0.4 is 10.6 Å². The molecule has 1 aromatic carbocycles. The number of nitrogens with one attached hydrogen (secondary N) is 2. The molecular weight excluding hydrogens is 318 g/mol. The Bertz CT molecular complexity index is 611. The van der Waals surface area contributed by atoms with Crippen LogP contribution in [0.1, 0.15) is 30.8 Å². The smallest absolute Gasteiger partial charge is 0.237 e. The minimum absolute atomic E-state index is 0. The molecule has 1 aliphatic rings. The van der Waals surface area contributed by atoms with E-state index in [1.54, 1.807) is 11.3 Å². The molecule has 1 fully saturated rings. The number of carbonyl (C=O) groups excluding carboxylic acids is 1. The Balaban J connectivity index is 0.00000176. The minimum Gasteiger partial charge on any atom is -0.346 e. The second-order valence-corrected chi connectivity index (χ2v) is 6.21. The molecule has 3 rings (SSSR count). The Hall–Kier alpha value is -1.43. The lowest BCUT2D eigenvalue weighted by molar-refractivity contribution is -0.123. The number of carbonyl (C=O) groups is 1. The average Bonchev–Trinajstić information content (AvgIpc) is 3.20. The molecule has 1 aromatic heterocycles. The Morgan fingerprint density at radius 1 is 1.41 bits per heavy atom. The third-order valence-electron chi connectivity index (χ3n) is 3.70. The quantitative estimate of drug-likeness (QED) is 0.901. The molecule has 0 bridgehead atoms. The summed E-state index contributed by atoms with van der Waals surface area (Å²) in [6.07, 6.45) is 1.99. The summed E-state index contributed by atoms with van der Waals surface area (Å²) in [7, 11) is 0. The van der Waals surface area contributed by atoms with Crippen molar-refractivity contribution in [3.8, 4) is 11.3 Å². The number of hydrogen-bond donors (Lipinski definition) is 2. The molecule has 0 spiro atoms. The summed E-state index contributed by atoms with van der Waals surface area (Å²) in [4.78, 5) is 16.8. The first-order valence-electron chi connectivity index (χ1n) is 7.28. The van der Waals surface area contributed by atoms with E-state index in [1.165, 1.54) is 0 Å². The van der Waals surface area contributed by atoms with Crippen LogP contribution in [0.3, 0.4) is 0 Å². The molecule has 6 heteroatoms. The minimum atomic E-state index is -0.0534. The second kappa shape index (κ2) is 7.72. The van der Waals surface area contributed by atoms with Crippen LogP contribution in [-0.4, -0.2) is 23.5 Å². The molecule has 2 aromatic rings. The molecule has 4 nitrogen and oxygen atoms in total. The predicted octanol–water partition coefficient (Wildman–Crippen LogP) is 3.16. The van der Waals surface area contributed by atoms with Crippen molar-refractivity contribution in [2.75, 3.05) is 6.54 Å². The number of rotatable bonds is 4. The van der Waals surface area contributed by atoms with Crippen molar-refractivity contribution in [1.82, 2.24) is 15.6 Å².